The third-order valence-corrected chi connectivity index (χ3v) is 4.88. The van der Waals surface area contributed by atoms with Gasteiger partial charge in [0, 0.05) is 30.7 Å². The number of imidazole rings is 1. The van der Waals surface area contributed by atoms with Crippen molar-refractivity contribution in [1.29, 1.82) is 0 Å². The molecule has 0 aliphatic carbocycles. The number of aromatic amines is 1. The van der Waals surface area contributed by atoms with Crippen LogP contribution in [0.2, 0.25) is 0 Å². The molecule has 2 heterocycles. The Labute approximate surface area is 162 Å². The minimum absolute atomic E-state index is 0.105. The standard InChI is InChI=1S/C21H24N6O/c1-3-9-22-16-8-6-5-7-14(16)12-23-20-15-10-18-19(11-17(15)24-13-25-20)27(4-2)21(28)26-18/h5-8,10-11,13,22H,3-4,9,12H2,1-2H3,(H,26,28)(H,23,24,25). The average Bonchev–Trinajstić information content (AvgIpc) is 3.03. The number of hydrogen-bond donors (Lipinski definition) is 3. The van der Waals surface area contributed by atoms with Gasteiger partial charge in [-0.05, 0) is 37.1 Å². The van der Waals surface area contributed by atoms with E-state index in [4.69, 9.17) is 0 Å². The van der Waals surface area contributed by atoms with Crippen molar-refractivity contribution in [3.05, 3.63) is 58.8 Å². The van der Waals surface area contributed by atoms with Gasteiger partial charge in [0.25, 0.3) is 0 Å². The first kappa shape index (κ1) is 18.0. The van der Waals surface area contributed by atoms with Gasteiger partial charge in [0.1, 0.15) is 12.1 Å². The van der Waals surface area contributed by atoms with Crippen LogP contribution in [-0.2, 0) is 13.1 Å². The van der Waals surface area contributed by atoms with Crippen molar-refractivity contribution in [2.45, 2.75) is 33.4 Å². The second-order valence-corrected chi connectivity index (χ2v) is 6.72. The summed E-state index contributed by atoms with van der Waals surface area (Å²) >= 11 is 0. The smallest absolute Gasteiger partial charge is 0.326 e. The Balaban J connectivity index is 1.68. The van der Waals surface area contributed by atoms with E-state index >= 15 is 0 Å². The summed E-state index contributed by atoms with van der Waals surface area (Å²) in [6.07, 6.45) is 2.63. The fourth-order valence-electron chi connectivity index (χ4n) is 3.45. The number of nitrogens with one attached hydrogen (secondary N) is 3. The number of benzene rings is 2. The molecular weight excluding hydrogens is 352 g/mol. The maximum Gasteiger partial charge on any atom is 0.326 e. The number of aryl methyl sites for hydroxylation is 1. The summed E-state index contributed by atoms with van der Waals surface area (Å²) in [5, 5.41) is 7.78. The summed E-state index contributed by atoms with van der Waals surface area (Å²) in [7, 11) is 0. The van der Waals surface area contributed by atoms with Gasteiger partial charge in [-0.25, -0.2) is 14.8 Å². The first-order valence-corrected chi connectivity index (χ1v) is 9.64. The van der Waals surface area contributed by atoms with Crippen LogP contribution in [0, 0.1) is 0 Å². The fourth-order valence-corrected chi connectivity index (χ4v) is 3.45. The van der Waals surface area contributed by atoms with Gasteiger partial charge in [-0.3, -0.25) is 4.57 Å². The molecule has 2 aromatic carbocycles. The summed E-state index contributed by atoms with van der Waals surface area (Å²) in [6.45, 7) is 6.30. The lowest BCUT2D eigenvalue weighted by Crippen LogP contribution is -2.14. The third kappa shape index (κ3) is 3.31. The van der Waals surface area contributed by atoms with E-state index in [0.717, 1.165) is 46.4 Å². The maximum absolute atomic E-state index is 12.1. The Morgan fingerprint density at radius 1 is 1.11 bits per heavy atom. The molecule has 0 saturated heterocycles. The number of aromatic nitrogens is 4. The number of para-hydroxylation sites is 1. The van der Waals surface area contributed by atoms with E-state index in [0.29, 0.717) is 13.1 Å². The molecule has 4 rings (SSSR count). The second-order valence-electron chi connectivity index (χ2n) is 6.72. The van der Waals surface area contributed by atoms with Gasteiger partial charge in [0.2, 0.25) is 0 Å². The molecule has 7 heteroatoms. The van der Waals surface area contributed by atoms with Crippen LogP contribution in [0.4, 0.5) is 11.5 Å². The van der Waals surface area contributed by atoms with Crippen molar-refractivity contribution in [1.82, 2.24) is 19.5 Å². The third-order valence-electron chi connectivity index (χ3n) is 4.88. The molecule has 0 radical (unpaired) electrons. The van der Waals surface area contributed by atoms with Crippen LogP contribution >= 0.6 is 0 Å². The van der Waals surface area contributed by atoms with Crippen LogP contribution in [0.5, 0.6) is 0 Å². The monoisotopic (exact) mass is 376 g/mol. The number of anilines is 2. The summed E-state index contributed by atoms with van der Waals surface area (Å²) in [5.41, 5.74) is 4.66. The van der Waals surface area contributed by atoms with E-state index in [-0.39, 0.29) is 5.69 Å². The highest BCUT2D eigenvalue weighted by Gasteiger charge is 2.11. The minimum atomic E-state index is -0.105. The van der Waals surface area contributed by atoms with Crippen molar-refractivity contribution in [3.63, 3.8) is 0 Å². The molecule has 4 aromatic rings. The average molecular weight is 376 g/mol. The molecule has 0 aliphatic rings. The molecule has 0 unspecified atom stereocenters. The van der Waals surface area contributed by atoms with Gasteiger partial charge in [-0.15, -0.1) is 0 Å². The molecule has 0 amide bonds. The van der Waals surface area contributed by atoms with Crippen LogP contribution in [0.3, 0.4) is 0 Å². The van der Waals surface area contributed by atoms with Crippen molar-refractivity contribution in [3.8, 4) is 0 Å². The number of hydrogen-bond acceptors (Lipinski definition) is 5. The van der Waals surface area contributed by atoms with Crippen molar-refractivity contribution < 1.29 is 0 Å². The summed E-state index contributed by atoms with van der Waals surface area (Å²) in [5.74, 6) is 0.752. The van der Waals surface area contributed by atoms with E-state index in [1.165, 1.54) is 5.56 Å². The highest BCUT2D eigenvalue weighted by Crippen LogP contribution is 2.25. The zero-order valence-electron chi connectivity index (χ0n) is 16.1. The normalized spacial score (nSPS) is 11.2. The highest BCUT2D eigenvalue weighted by molar-refractivity contribution is 5.98. The molecular formula is C21H24N6O. The highest BCUT2D eigenvalue weighted by atomic mass is 16.1. The van der Waals surface area contributed by atoms with Gasteiger partial charge in [-0.1, -0.05) is 25.1 Å². The van der Waals surface area contributed by atoms with Crippen LogP contribution in [-0.4, -0.2) is 26.1 Å². The Kier molecular flexibility index (Phi) is 4.97. The summed E-state index contributed by atoms with van der Waals surface area (Å²) in [4.78, 5) is 23.9. The molecule has 0 aliphatic heterocycles. The van der Waals surface area contributed by atoms with Gasteiger partial charge in [-0.2, -0.15) is 0 Å². The molecule has 0 bridgehead atoms. The van der Waals surface area contributed by atoms with E-state index in [1.807, 2.05) is 31.2 Å². The lowest BCUT2D eigenvalue weighted by Gasteiger charge is -2.13. The van der Waals surface area contributed by atoms with Crippen LogP contribution in [0.25, 0.3) is 21.9 Å². The molecule has 2 aromatic heterocycles. The fraction of sp³-hybridized carbons (Fsp3) is 0.286. The zero-order chi connectivity index (χ0) is 19.5. The van der Waals surface area contributed by atoms with E-state index in [1.54, 1.807) is 10.9 Å². The van der Waals surface area contributed by atoms with Crippen LogP contribution in [0.1, 0.15) is 25.8 Å². The molecule has 144 valence electrons. The number of H-pyrrole nitrogens is 1. The van der Waals surface area contributed by atoms with Gasteiger partial charge in [0.15, 0.2) is 0 Å². The quantitative estimate of drug-likeness (QED) is 0.457. The zero-order valence-corrected chi connectivity index (χ0v) is 16.1. The molecule has 3 N–H and O–H groups in total. The second kappa shape index (κ2) is 7.72. The summed E-state index contributed by atoms with van der Waals surface area (Å²) in [6, 6.07) is 12.1. The van der Waals surface area contributed by atoms with Crippen molar-refractivity contribution >= 4 is 33.4 Å². The Hall–Kier alpha value is -3.35. The number of rotatable bonds is 7. The van der Waals surface area contributed by atoms with E-state index in [9.17, 15) is 4.79 Å². The molecule has 0 saturated carbocycles. The van der Waals surface area contributed by atoms with Gasteiger partial charge >= 0.3 is 5.69 Å². The van der Waals surface area contributed by atoms with E-state index in [2.05, 4.69) is 44.6 Å². The van der Waals surface area contributed by atoms with Crippen molar-refractivity contribution in [2.75, 3.05) is 17.2 Å². The van der Waals surface area contributed by atoms with Crippen LogP contribution in [0.15, 0.2) is 47.5 Å². The SMILES string of the molecule is CCCNc1ccccc1CNc1ncnc2cc3c(cc12)[nH]c(=O)n3CC. The predicted octanol–water partition coefficient (Wildman–Crippen LogP) is 3.73. The Bertz CT molecular complexity index is 1180. The van der Waals surface area contributed by atoms with Crippen molar-refractivity contribution in [2.24, 2.45) is 0 Å². The van der Waals surface area contributed by atoms with Crippen LogP contribution < -0.4 is 16.3 Å². The first-order chi connectivity index (χ1) is 13.7. The molecule has 0 spiro atoms. The van der Waals surface area contributed by atoms with Gasteiger partial charge in [0.05, 0.1) is 16.6 Å². The maximum atomic E-state index is 12.1. The molecule has 28 heavy (non-hydrogen) atoms. The minimum Gasteiger partial charge on any atom is -0.385 e. The summed E-state index contributed by atoms with van der Waals surface area (Å²) < 4.78 is 1.71. The first-order valence-electron chi connectivity index (χ1n) is 9.64. The molecule has 7 nitrogen and oxygen atoms in total. The molecule has 0 atom stereocenters. The predicted molar refractivity (Wildman–Crippen MR) is 114 cm³/mol. The van der Waals surface area contributed by atoms with Gasteiger partial charge < -0.3 is 15.6 Å². The Morgan fingerprint density at radius 2 is 1.96 bits per heavy atom. The lowest BCUT2D eigenvalue weighted by atomic mass is 10.1. The topological polar surface area (TPSA) is 87.6 Å². The Morgan fingerprint density at radius 3 is 2.79 bits per heavy atom. The lowest BCUT2D eigenvalue weighted by molar-refractivity contribution is 0.753. The number of nitrogens with zero attached hydrogens (tertiary/aromatic N) is 3. The van der Waals surface area contributed by atoms with E-state index < -0.39 is 0 Å². The number of fused-ring (bicyclic) bond motifs is 2. The largest absolute Gasteiger partial charge is 0.385 e. The molecule has 0 fully saturated rings.